The maximum atomic E-state index is 13.7. The fourth-order valence-corrected chi connectivity index (χ4v) is 4.29. The van der Waals surface area contributed by atoms with E-state index in [0.29, 0.717) is 4.88 Å². The minimum atomic E-state index is -5.83. The van der Waals surface area contributed by atoms with Crippen LogP contribution in [-0.4, -0.2) is 45.3 Å². The van der Waals surface area contributed by atoms with Crippen molar-refractivity contribution in [2.24, 2.45) is 7.05 Å². The van der Waals surface area contributed by atoms with Gasteiger partial charge in [-0.05, 0) is 25.8 Å². The Balaban J connectivity index is 1.59. The van der Waals surface area contributed by atoms with E-state index in [-0.39, 0.29) is 44.6 Å². The highest BCUT2D eigenvalue weighted by Gasteiger charge is 2.59. The van der Waals surface area contributed by atoms with E-state index >= 15 is 0 Å². The van der Waals surface area contributed by atoms with E-state index < -0.39 is 24.3 Å². The molecule has 1 saturated carbocycles. The zero-order chi connectivity index (χ0) is 25.0. The van der Waals surface area contributed by atoms with Crippen molar-refractivity contribution in [3.63, 3.8) is 0 Å². The van der Waals surface area contributed by atoms with E-state index in [0.717, 1.165) is 28.9 Å². The van der Waals surface area contributed by atoms with Crippen molar-refractivity contribution in [3.05, 3.63) is 27.6 Å². The molecule has 0 aliphatic heterocycles. The number of ether oxygens (including phenoxy) is 1. The summed E-state index contributed by atoms with van der Waals surface area (Å²) in [5.41, 5.74) is 0.302. The van der Waals surface area contributed by atoms with Crippen LogP contribution in [0.25, 0.3) is 22.0 Å². The number of aryl methyl sites for hydroxylation is 1. The van der Waals surface area contributed by atoms with Crippen LogP contribution in [0.1, 0.15) is 28.8 Å². The van der Waals surface area contributed by atoms with Gasteiger partial charge < -0.3 is 14.6 Å². The Labute approximate surface area is 196 Å². The molecule has 1 N–H and O–H groups in total. The minimum absolute atomic E-state index is 0.0811. The Hall–Kier alpha value is -2.74. The number of hydrogen-bond acceptors (Lipinski definition) is 6. The summed E-state index contributed by atoms with van der Waals surface area (Å²) in [6.07, 6.45) is -13.8. The van der Waals surface area contributed by atoms with Gasteiger partial charge in [0.05, 0.1) is 16.1 Å². The molecule has 0 aromatic carbocycles. The number of hydrogen-bond donors (Lipinski definition) is 1. The lowest BCUT2D eigenvalue weighted by Gasteiger charge is -2.22. The molecule has 1 aliphatic carbocycles. The van der Waals surface area contributed by atoms with Crippen molar-refractivity contribution >= 4 is 28.8 Å². The van der Waals surface area contributed by atoms with Crippen molar-refractivity contribution in [2.45, 2.75) is 44.3 Å². The van der Waals surface area contributed by atoms with Crippen LogP contribution in [0.4, 0.5) is 26.3 Å². The van der Waals surface area contributed by atoms with Gasteiger partial charge in [-0.3, -0.25) is 9.48 Å². The van der Waals surface area contributed by atoms with Crippen molar-refractivity contribution in [3.8, 4) is 27.9 Å². The van der Waals surface area contributed by atoms with Gasteiger partial charge in [0.25, 0.3) is 12.1 Å². The first-order valence-electron chi connectivity index (χ1n) is 9.66. The summed E-state index contributed by atoms with van der Waals surface area (Å²) >= 11 is 7.23. The van der Waals surface area contributed by atoms with Crippen LogP contribution in [0.2, 0.25) is 4.34 Å². The number of rotatable bonds is 7. The third-order valence-corrected chi connectivity index (χ3v) is 6.27. The standard InChI is InChI=1S/C19H15ClF6N4O3S/c1-7-13(30(2)28-16(7)32-19(25,26)17(21)18(22,23)24)10-6-11(33-29-10)12-5-9(14(20)34-12)15(31)27-8-3-4-8/h5-6,8,17H,3-4H2,1-2H3,(H,27,31). The largest absolute Gasteiger partial charge is 0.440 e. The molecule has 3 aromatic heterocycles. The number of alkyl halides is 6. The molecule has 1 atom stereocenters. The Bertz CT molecular complexity index is 1230. The first-order chi connectivity index (χ1) is 15.8. The Morgan fingerprint density at radius 1 is 1.32 bits per heavy atom. The Morgan fingerprint density at radius 2 is 2.00 bits per heavy atom. The molecule has 15 heteroatoms. The van der Waals surface area contributed by atoms with Crippen LogP contribution in [0.15, 0.2) is 16.7 Å². The number of carbonyl (C=O) groups is 1. The van der Waals surface area contributed by atoms with Gasteiger partial charge in [0.1, 0.15) is 10.0 Å². The minimum Gasteiger partial charge on any atom is -0.410 e. The quantitative estimate of drug-likeness (QED) is 0.408. The molecule has 0 radical (unpaired) electrons. The van der Waals surface area contributed by atoms with Crippen LogP contribution in [0, 0.1) is 6.92 Å². The third kappa shape index (κ3) is 4.73. The maximum absolute atomic E-state index is 13.7. The van der Waals surface area contributed by atoms with E-state index in [1.54, 1.807) is 0 Å². The van der Waals surface area contributed by atoms with Crippen molar-refractivity contribution in [2.75, 3.05) is 0 Å². The van der Waals surface area contributed by atoms with Crippen LogP contribution < -0.4 is 10.1 Å². The molecule has 3 heterocycles. The van der Waals surface area contributed by atoms with Gasteiger partial charge >= 0.3 is 12.3 Å². The lowest BCUT2D eigenvalue weighted by molar-refractivity contribution is -0.305. The predicted molar refractivity (Wildman–Crippen MR) is 109 cm³/mol. The summed E-state index contributed by atoms with van der Waals surface area (Å²) in [5, 5.41) is 10.3. The Kier molecular flexibility index (Phi) is 6.09. The van der Waals surface area contributed by atoms with Crippen LogP contribution in [0.5, 0.6) is 5.88 Å². The van der Waals surface area contributed by atoms with Crippen LogP contribution in [0.3, 0.4) is 0 Å². The molecule has 34 heavy (non-hydrogen) atoms. The molecule has 1 unspecified atom stereocenters. The zero-order valence-electron chi connectivity index (χ0n) is 17.3. The summed E-state index contributed by atoms with van der Waals surface area (Å²) < 4.78 is 88.3. The maximum Gasteiger partial charge on any atom is 0.440 e. The lowest BCUT2D eigenvalue weighted by Crippen LogP contribution is -2.45. The van der Waals surface area contributed by atoms with Gasteiger partial charge in [0.2, 0.25) is 5.88 Å². The number of carbonyl (C=O) groups excluding carboxylic acids is 1. The normalized spacial score (nSPS) is 15.4. The molecule has 184 valence electrons. The average molecular weight is 529 g/mol. The molecular weight excluding hydrogens is 514 g/mol. The second kappa shape index (κ2) is 8.48. The number of halogens is 7. The van der Waals surface area contributed by atoms with E-state index in [1.807, 2.05) is 0 Å². The van der Waals surface area contributed by atoms with Gasteiger partial charge in [0, 0.05) is 24.7 Å². The molecule has 1 amide bonds. The topological polar surface area (TPSA) is 82.2 Å². The SMILES string of the molecule is Cc1c(OC(F)(F)C(F)C(F)(F)F)nn(C)c1-c1cc(-c2cc(C(=O)NC3CC3)c(Cl)s2)on1. The fraction of sp³-hybridized carbons (Fsp3) is 0.421. The molecular formula is C19H15ClF6N4O3S. The van der Waals surface area contributed by atoms with Gasteiger partial charge in [-0.25, -0.2) is 4.39 Å². The van der Waals surface area contributed by atoms with E-state index in [9.17, 15) is 31.1 Å². The van der Waals surface area contributed by atoms with Crippen LogP contribution in [-0.2, 0) is 7.05 Å². The summed E-state index contributed by atoms with van der Waals surface area (Å²) in [6, 6.07) is 3.05. The summed E-state index contributed by atoms with van der Waals surface area (Å²) in [4.78, 5) is 12.7. The van der Waals surface area contributed by atoms with Crippen molar-refractivity contribution in [1.82, 2.24) is 20.3 Å². The molecule has 4 rings (SSSR count). The molecule has 0 spiro atoms. The van der Waals surface area contributed by atoms with Gasteiger partial charge in [-0.15, -0.1) is 16.4 Å². The van der Waals surface area contributed by atoms with Crippen LogP contribution >= 0.6 is 22.9 Å². The van der Waals surface area contributed by atoms with E-state index in [1.165, 1.54) is 26.1 Å². The molecule has 3 aromatic rings. The van der Waals surface area contributed by atoms with Crippen molar-refractivity contribution in [1.29, 1.82) is 0 Å². The van der Waals surface area contributed by atoms with Gasteiger partial charge in [0.15, 0.2) is 5.76 Å². The summed E-state index contributed by atoms with van der Waals surface area (Å²) in [7, 11) is 1.31. The monoisotopic (exact) mass is 528 g/mol. The number of nitrogens with zero attached hydrogens (tertiary/aromatic N) is 3. The second-order valence-electron chi connectivity index (χ2n) is 7.59. The molecule has 1 aliphatic rings. The second-order valence-corrected chi connectivity index (χ2v) is 9.25. The number of amides is 1. The first kappa shape index (κ1) is 24.4. The third-order valence-electron chi connectivity index (χ3n) is 4.90. The summed E-state index contributed by atoms with van der Waals surface area (Å²) in [6.45, 7) is 1.24. The van der Waals surface area contributed by atoms with E-state index in [4.69, 9.17) is 16.1 Å². The highest BCUT2D eigenvalue weighted by Crippen LogP contribution is 2.40. The highest BCUT2D eigenvalue weighted by molar-refractivity contribution is 7.19. The number of aromatic nitrogens is 3. The Morgan fingerprint density at radius 3 is 2.62 bits per heavy atom. The van der Waals surface area contributed by atoms with Gasteiger partial charge in [-0.2, -0.15) is 22.0 Å². The molecule has 0 bridgehead atoms. The molecule has 7 nitrogen and oxygen atoms in total. The number of thiophene rings is 1. The first-order valence-corrected chi connectivity index (χ1v) is 10.9. The smallest absolute Gasteiger partial charge is 0.410 e. The lowest BCUT2D eigenvalue weighted by atomic mass is 10.2. The van der Waals surface area contributed by atoms with E-state index in [2.05, 4.69) is 20.3 Å². The zero-order valence-corrected chi connectivity index (χ0v) is 18.9. The highest BCUT2D eigenvalue weighted by atomic mass is 35.5. The number of nitrogens with one attached hydrogen (secondary N) is 1. The summed E-state index contributed by atoms with van der Waals surface area (Å²) in [5.74, 6) is -1.04. The molecule has 0 saturated heterocycles. The average Bonchev–Trinajstić information content (AvgIpc) is 3.14. The van der Waals surface area contributed by atoms with Gasteiger partial charge in [-0.1, -0.05) is 16.8 Å². The van der Waals surface area contributed by atoms with Crippen molar-refractivity contribution < 1.29 is 40.4 Å². The fourth-order valence-electron chi connectivity index (χ4n) is 3.07. The predicted octanol–water partition coefficient (Wildman–Crippen LogP) is 5.53. The molecule has 1 fully saturated rings.